The molecule has 1 N–H and O–H groups in total. The molecule has 0 radical (unpaired) electrons. The molecule has 4 nitrogen and oxygen atoms in total. The molecule has 0 aromatic heterocycles. The topological polar surface area (TPSA) is 41.6 Å². The number of amides is 2. The van der Waals surface area contributed by atoms with Gasteiger partial charge in [0.15, 0.2) is 0 Å². The van der Waals surface area contributed by atoms with Crippen molar-refractivity contribution in [2.75, 3.05) is 19.7 Å². The summed E-state index contributed by atoms with van der Waals surface area (Å²) in [4.78, 5) is 13.9. The zero-order valence-electron chi connectivity index (χ0n) is 10.6. The number of hydrogen-bond acceptors (Lipinski definition) is 2. The fraction of sp³-hybridized carbons (Fsp3) is 0.500. The number of nitrogens with one attached hydrogen (secondary N) is 1. The molecule has 1 unspecified atom stereocenters. The molecule has 1 saturated heterocycles. The second-order valence-electron chi connectivity index (χ2n) is 5.05. The van der Waals surface area contributed by atoms with Gasteiger partial charge in [-0.3, -0.25) is 0 Å². The number of morpholine rings is 1. The van der Waals surface area contributed by atoms with Gasteiger partial charge in [0.05, 0.1) is 13.2 Å². The van der Waals surface area contributed by atoms with E-state index in [0.29, 0.717) is 30.8 Å². The molecule has 2 fully saturated rings. The fourth-order valence-electron chi connectivity index (χ4n) is 2.25. The van der Waals surface area contributed by atoms with Crippen LogP contribution < -0.4 is 5.32 Å². The van der Waals surface area contributed by atoms with E-state index in [1.807, 2.05) is 29.2 Å². The van der Waals surface area contributed by atoms with Gasteiger partial charge in [-0.15, -0.1) is 0 Å². The zero-order chi connectivity index (χ0) is 13.2. The molecule has 1 atom stereocenters. The molecule has 1 aromatic carbocycles. The molecule has 1 aliphatic carbocycles. The van der Waals surface area contributed by atoms with E-state index in [1.165, 1.54) is 0 Å². The summed E-state index contributed by atoms with van der Waals surface area (Å²) in [5.41, 5.74) is 0.952. The average Bonchev–Trinajstić information content (AvgIpc) is 3.23. The number of carbonyl (C=O) groups excluding carboxylic acids is 1. The lowest BCUT2D eigenvalue weighted by molar-refractivity contribution is -0.0154. The predicted molar refractivity (Wildman–Crippen MR) is 73.3 cm³/mol. The molecule has 0 bridgehead atoms. The van der Waals surface area contributed by atoms with Crippen LogP contribution in [0.2, 0.25) is 5.02 Å². The minimum atomic E-state index is -0.132. The highest BCUT2D eigenvalue weighted by Gasteiger charge is 2.30. The highest BCUT2D eigenvalue weighted by Crippen LogP contribution is 2.28. The van der Waals surface area contributed by atoms with Gasteiger partial charge < -0.3 is 15.0 Å². The quantitative estimate of drug-likeness (QED) is 0.905. The number of hydrogen-bond donors (Lipinski definition) is 1. The second kappa shape index (κ2) is 5.39. The molecule has 1 aromatic rings. The Balaban J connectivity index is 1.67. The van der Waals surface area contributed by atoms with E-state index in [2.05, 4.69) is 5.32 Å². The molecule has 2 amide bonds. The molecule has 102 valence electrons. The highest BCUT2D eigenvalue weighted by molar-refractivity contribution is 6.31. The van der Waals surface area contributed by atoms with Crippen LogP contribution >= 0.6 is 11.6 Å². The lowest BCUT2D eigenvalue weighted by Gasteiger charge is -2.33. The van der Waals surface area contributed by atoms with Crippen LogP contribution in [0.4, 0.5) is 4.79 Å². The minimum Gasteiger partial charge on any atom is -0.370 e. The van der Waals surface area contributed by atoms with Crippen molar-refractivity contribution in [1.82, 2.24) is 10.2 Å². The van der Waals surface area contributed by atoms with Crippen molar-refractivity contribution in [1.29, 1.82) is 0 Å². The molecular formula is C14H17ClN2O2. The van der Waals surface area contributed by atoms with E-state index in [9.17, 15) is 4.79 Å². The Morgan fingerprint density at radius 3 is 2.89 bits per heavy atom. The van der Waals surface area contributed by atoms with E-state index < -0.39 is 0 Å². The number of urea groups is 1. The normalized spacial score (nSPS) is 23.2. The van der Waals surface area contributed by atoms with Gasteiger partial charge in [-0.2, -0.15) is 0 Å². The van der Waals surface area contributed by atoms with Crippen LogP contribution in [0.3, 0.4) is 0 Å². The predicted octanol–water partition coefficient (Wildman–Crippen LogP) is 2.59. The number of ether oxygens (including phenoxy) is 1. The van der Waals surface area contributed by atoms with E-state index in [-0.39, 0.29) is 12.1 Å². The highest BCUT2D eigenvalue weighted by atomic mass is 35.5. The monoisotopic (exact) mass is 280 g/mol. The van der Waals surface area contributed by atoms with Gasteiger partial charge >= 0.3 is 6.03 Å². The lowest BCUT2D eigenvalue weighted by atomic mass is 10.1. The Labute approximate surface area is 117 Å². The maximum absolute atomic E-state index is 12.0. The van der Waals surface area contributed by atoms with Crippen LogP contribution in [0, 0.1) is 0 Å². The van der Waals surface area contributed by atoms with Crippen molar-refractivity contribution >= 4 is 17.6 Å². The maximum Gasteiger partial charge on any atom is 0.317 e. The maximum atomic E-state index is 12.0. The molecule has 19 heavy (non-hydrogen) atoms. The smallest absolute Gasteiger partial charge is 0.317 e. The van der Waals surface area contributed by atoms with Crippen LogP contribution in [0.25, 0.3) is 0 Å². The minimum absolute atomic E-state index is 0.0165. The Kier molecular flexibility index (Phi) is 3.62. The number of carbonyl (C=O) groups is 1. The van der Waals surface area contributed by atoms with Gasteiger partial charge in [-0.05, 0) is 18.9 Å². The van der Waals surface area contributed by atoms with Crippen LogP contribution in [-0.4, -0.2) is 36.7 Å². The summed E-state index contributed by atoms with van der Waals surface area (Å²) >= 11 is 6.18. The van der Waals surface area contributed by atoms with Crippen molar-refractivity contribution in [3.8, 4) is 0 Å². The molecule has 3 rings (SSSR count). The van der Waals surface area contributed by atoms with Crippen LogP contribution in [0.5, 0.6) is 0 Å². The Morgan fingerprint density at radius 2 is 2.16 bits per heavy atom. The number of benzene rings is 1. The molecule has 0 spiro atoms. The van der Waals surface area contributed by atoms with Crippen LogP contribution in [0.15, 0.2) is 24.3 Å². The molecule has 2 aliphatic rings. The van der Waals surface area contributed by atoms with E-state index in [4.69, 9.17) is 16.3 Å². The third kappa shape index (κ3) is 3.01. The Morgan fingerprint density at radius 1 is 1.37 bits per heavy atom. The second-order valence-corrected chi connectivity index (χ2v) is 5.46. The SMILES string of the molecule is O=C(NC1CC1)N1CCOC(c2ccccc2Cl)C1. The van der Waals surface area contributed by atoms with Crippen LogP contribution in [-0.2, 0) is 4.74 Å². The van der Waals surface area contributed by atoms with Crippen LogP contribution in [0.1, 0.15) is 24.5 Å². The molecule has 1 heterocycles. The summed E-state index contributed by atoms with van der Waals surface area (Å²) in [7, 11) is 0. The zero-order valence-corrected chi connectivity index (χ0v) is 11.4. The van der Waals surface area contributed by atoms with E-state index >= 15 is 0 Å². The van der Waals surface area contributed by atoms with Gasteiger partial charge in [0, 0.05) is 23.2 Å². The summed E-state index contributed by atoms with van der Waals surface area (Å²) in [6, 6.07) is 8.04. The van der Waals surface area contributed by atoms with Crippen molar-refractivity contribution in [3.63, 3.8) is 0 Å². The van der Waals surface area contributed by atoms with Gasteiger partial charge in [-0.1, -0.05) is 29.8 Å². The largest absolute Gasteiger partial charge is 0.370 e. The van der Waals surface area contributed by atoms with Crippen molar-refractivity contribution < 1.29 is 9.53 Å². The number of nitrogens with zero attached hydrogens (tertiary/aromatic N) is 1. The standard InChI is InChI=1S/C14H17ClN2O2/c15-12-4-2-1-3-11(12)13-9-17(7-8-19-13)14(18)16-10-5-6-10/h1-4,10,13H,5-9H2,(H,16,18). The summed E-state index contributed by atoms with van der Waals surface area (Å²) in [5, 5.41) is 3.70. The fourth-order valence-corrected chi connectivity index (χ4v) is 2.51. The third-order valence-corrected chi connectivity index (χ3v) is 3.85. The molecular weight excluding hydrogens is 264 g/mol. The van der Waals surface area contributed by atoms with E-state index in [0.717, 1.165) is 18.4 Å². The third-order valence-electron chi connectivity index (χ3n) is 3.51. The van der Waals surface area contributed by atoms with Crippen molar-refractivity contribution in [3.05, 3.63) is 34.9 Å². The average molecular weight is 281 g/mol. The van der Waals surface area contributed by atoms with Gasteiger partial charge in [-0.25, -0.2) is 4.79 Å². The van der Waals surface area contributed by atoms with Crippen molar-refractivity contribution in [2.45, 2.75) is 25.0 Å². The first-order chi connectivity index (χ1) is 9.24. The van der Waals surface area contributed by atoms with E-state index in [1.54, 1.807) is 0 Å². The molecule has 5 heteroatoms. The summed E-state index contributed by atoms with van der Waals surface area (Å²) in [6.07, 6.45) is 2.07. The summed E-state index contributed by atoms with van der Waals surface area (Å²) < 4.78 is 5.74. The number of rotatable bonds is 2. The van der Waals surface area contributed by atoms with Gasteiger partial charge in [0.25, 0.3) is 0 Å². The summed E-state index contributed by atoms with van der Waals surface area (Å²) in [6.45, 7) is 1.75. The first-order valence-electron chi connectivity index (χ1n) is 6.65. The first kappa shape index (κ1) is 12.8. The summed E-state index contributed by atoms with van der Waals surface area (Å²) in [5.74, 6) is 0. The Hall–Kier alpha value is -1.26. The first-order valence-corrected chi connectivity index (χ1v) is 7.03. The molecule has 1 saturated carbocycles. The van der Waals surface area contributed by atoms with Gasteiger partial charge in [0.2, 0.25) is 0 Å². The van der Waals surface area contributed by atoms with Gasteiger partial charge in [0.1, 0.15) is 6.10 Å². The Bertz CT molecular complexity index is 476. The molecule has 1 aliphatic heterocycles. The lowest BCUT2D eigenvalue weighted by Crippen LogP contribution is -2.47. The van der Waals surface area contributed by atoms with Crippen molar-refractivity contribution in [2.24, 2.45) is 0 Å². The number of halogens is 1.